The van der Waals surface area contributed by atoms with E-state index >= 15 is 0 Å². The summed E-state index contributed by atoms with van der Waals surface area (Å²) in [7, 11) is 0. The Labute approximate surface area is 208 Å². The lowest BCUT2D eigenvalue weighted by Crippen LogP contribution is -2.29. The molecule has 0 radical (unpaired) electrons. The summed E-state index contributed by atoms with van der Waals surface area (Å²) in [6.07, 6.45) is 5.20. The van der Waals surface area contributed by atoms with Crippen LogP contribution in [0.4, 0.5) is 5.95 Å². The zero-order chi connectivity index (χ0) is 24.3. The van der Waals surface area contributed by atoms with Gasteiger partial charge < -0.3 is 9.64 Å². The average Bonchev–Trinajstić information content (AvgIpc) is 3.18. The molecule has 2 aromatic carbocycles. The molecule has 0 unspecified atom stereocenters. The number of esters is 1. The number of anilines is 1. The monoisotopic (exact) mass is 481 g/mol. The number of unbranched alkanes of at least 4 members (excludes halogenated alkanes) is 2. The van der Waals surface area contributed by atoms with Crippen molar-refractivity contribution in [2.24, 2.45) is 0 Å². The summed E-state index contributed by atoms with van der Waals surface area (Å²) in [5.41, 5.74) is 3.89. The molecule has 0 aliphatic heterocycles. The molecule has 0 N–H and O–H groups in total. The first-order valence-corrected chi connectivity index (χ1v) is 12.8. The molecular formula is C28H36ClN3O2. The Morgan fingerprint density at radius 2 is 1.62 bits per heavy atom. The summed E-state index contributed by atoms with van der Waals surface area (Å²) in [5.74, 6) is 0.640. The molecule has 1 heterocycles. The minimum absolute atomic E-state index is 0.168. The maximum Gasteiger partial charge on any atom is 0.311 e. The van der Waals surface area contributed by atoms with Crippen LogP contribution < -0.4 is 4.90 Å². The molecule has 3 aromatic rings. The third-order valence-corrected chi connectivity index (χ3v) is 6.05. The van der Waals surface area contributed by atoms with Crippen LogP contribution in [-0.4, -0.2) is 35.2 Å². The van der Waals surface area contributed by atoms with Crippen LogP contribution in [0.1, 0.15) is 63.4 Å². The van der Waals surface area contributed by atoms with Crippen molar-refractivity contribution in [3.8, 4) is 5.69 Å². The number of carbonyl (C=O) groups is 1. The minimum Gasteiger partial charge on any atom is -0.466 e. The molecule has 0 aliphatic carbocycles. The van der Waals surface area contributed by atoms with Gasteiger partial charge in [0.25, 0.3) is 0 Å². The number of imidazole rings is 1. The van der Waals surface area contributed by atoms with Crippen LogP contribution in [0.2, 0.25) is 5.02 Å². The van der Waals surface area contributed by atoms with Gasteiger partial charge in [-0.05, 0) is 49.6 Å². The van der Waals surface area contributed by atoms with Crippen molar-refractivity contribution in [1.82, 2.24) is 9.55 Å². The second kappa shape index (κ2) is 13.2. The Hall–Kier alpha value is -2.79. The van der Waals surface area contributed by atoms with Crippen molar-refractivity contribution in [3.63, 3.8) is 0 Å². The van der Waals surface area contributed by atoms with Gasteiger partial charge in [0.05, 0.1) is 24.4 Å². The third-order valence-electron chi connectivity index (χ3n) is 5.80. The van der Waals surface area contributed by atoms with Crippen LogP contribution in [0, 0.1) is 0 Å². The lowest BCUT2D eigenvalue weighted by molar-refractivity contribution is -0.142. The van der Waals surface area contributed by atoms with Gasteiger partial charge >= 0.3 is 5.97 Å². The van der Waals surface area contributed by atoms with Crippen LogP contribution in [0.15, 0.2) is 54.6 Å². The lowest BCUT2D eigenvalue weighted by Gasteiger charge is -2.25. The number of benzene rings is 2. The van der Waals surface area contributed by atoms with Crippen molar-refractivity contribution < 1.29 is 9.53 Å². The van der Waals surface area contributed by atoms with E-state index in [2.05, 4.69) is 35.4 Å². The fourth-order valence-corrected chi connectivity index (χ4v) is 4.15. The molecule has 34 heavy (non-hydrogen) atoms. The average molecular weight is 482 g/mol. The van der Waals surface area contributed by atoms with E-state index in [4.69, 9.17) is 21.3 Å². The predicted octanol–water partition coefficient (Wildman–Crippen LogP) is 6.63. The number of halogens is 1. The van der Waals surface area contributed by atoms with Crippen molar-refractivity contribution in [2.75, 3.05) is 24.6 Å². The zero-order valence-corrected chi connectivity index (χ0v) is 21.4. The molecule has 0 aliphatic rings. The van der Waals surface area contributed by atoms with Gasteiger partial charge in [-0.3, -0.25) is 9.36 Å². The highest BCUT2D eigenvalue weighted by molar-refractivity contribution is 6.30. The van der Waals surface area contributed by atoms with Gasteiger partial charge in [0.1, 0.15) is 0 Å². The summed E-state index contributed by atoms with van der Waals surface area (Å²) in [6, 6.07) is 18.0. The molecule has 0 saturated carbocycles. The third kappa shape index (κ3) is 6.86. The molecule has 5 nitrogen and oxygen atoms in total. The van der Waals surface area contributed by atoms with E-state index in [1.807, 2.05) is 49.4 Å². The second-order valence-corrected chi connectivity index (χ2v) is 8.89. The van der Waals surface area contributed by atoms with Gasteiger partial charge in [0.2, 0.25) is 5.95 Å². The van der Waals surface area contributed by atoms with Gasteiger partial charge in [0, 0.05) is 30.2 Å². The molecule has 0 spiro atoms. The maximum atomic E-state index is 12.7. The van der Waals surface area contributed by atoms with Gasteiger partial charge in [-0.2, -0.15) is 0 Å². The lowest BCUT2D eigenvalue weighted by atomic mass is 10.1. The zero-order valence-electron chi connectivity index (χ0n) is 20.6. The first-order valence-electron chi connectivity index (χ1n) is 12.4. The smallest absolute Gasteiger partial charge is 0.311 e. The summed E-state index contributed by atoms with van der Waals surface area (Å²) in [6.45, 7) is 8.44. The highest BCUT2D eigenvalue weighted by Gasteiger charge is 2.24. The highest BCUT2D eigenvalue weighted by atomic mass is 35.5. The van der Waals surface area contributed by atoms with E-state index < -0.39 is 0 Å². The number of nitrogens with zero attached hydrogens (tertiary/aromatic N) is 3. The first kappa shape index (κ1) is 25.8. The molecule has 0 amide bonds. The summed E-state index contributed by atoms with van der Waals surface area (Å²) >= 11 is 6.21. The Balaban J connectivity index is 2.17. The van der Waals surface area contributed by atoms with Crippen LogP contribution in [-0.2, 0) is 22.4 Å². The summed E-state index contributed by atoms with van der Waals surface area (Å²) in [5, 5.41) is 0.677. The van der Waals surface area contributed by atoms with E-state index in [1.54, 1.807) is 0 Å². The van der Waals surface area contributed by atoms with E-state index in [0.29, 0.717) is 18.1 Å². The van der Waals surface area contributed by atoms with Gasteiger partial charge in [-0.1, -0.05) is 68.6 Å². The molecule has 3 rings (SSSR count). The molecular weight excluding hydrogens is 446 g/mol. The summed E-state index contributed by atoms with van der Waals surface area (Å²) in [4.78, 5) is 20.2. The van der Waals surface area contributed by atoms with Gasteiger partial charge in [-0.25, -0.2) is 4.98 Å². The first-order chi connectivity index (χ1) is 16.6. The van der Waals surface area contributed by atoms with Crippen LogP contribution in [0.5, 0.6) is 0 Å². The quantitative estimate of drug-likeness (QED) is 0.257. The van der Waals surface area contributed by atoms with Gasteiger partial charge in [0.15, 0.2) is 0 Å². The fraction of sp³-hybridized carbons (Fsp3) is 0.429. The number of ether oxygens (including phenoxy) is 1. The SMILES string of the molecule is CCCCN(CCCC)c1nc(Cc2ccccc2)c(CC(=O)OCC)n1-c1ccc(Cl)cc1. The predicted molar refractivity (Wildman–Crippen MR) is 140 cm³/mol. The molecule has 182 valence electrons. The Morgan fingerprint density at radius 3 is 2.21 bits per heavy atom. The molecule has 0 bridgehead atoms. The van der Waals surface area contributed by atoms with Gasteiger partial charge in [-0.15, -0.1) is 0 Å². The number of aromatic nitrogens is 2. The van der Waals surface area contributed by atoms with E-state index in [1.165, 1.54) is 0 Å². The molecule has 0 atom stereocenters. The van der Waals surface area contributed by atoms with Crippen molar-refractivity contribution in [1.29, 1.82) is 0 Å². The van der Waals surface area contributed by atoms with E-state index in [0.717, 1.165) is 67.4 Å². The summed E-state index contributed by atoms with van der Waals surface area (Å²) < 4.78 is 7.48. The van der Waals surface area contributed by atoms with Crippen LogP contribution in [0.3, 0.4) is 0 Å². The van der Waals surface area contributed by atoms with E-state index in [9.17, 15) is 4.79 Å². The number of hydrogen-bond donors (Lipinski definition) is 0. The Morgan fingerprint density at radius 1 is 0.971 bits per heavy atom. The Bertz CT molecular complexity index is 1020. The maximum absolute atomic E-state index is 12.7. The van der Waals surface area contributed by atoms with Crippen LogP contribution >= 0.6 is 11.6 Å². The second-order valence-electron chi connectivity index (χ2n) is 8.46. The molecule has 0 saturated heterocycles. The largest absolute Gasteiger partial charge is 0.466 e. The molecule has 6 heteroatoms. The van der Waals surface area contributed by atoms with Crippen molar-refractivity contribution >= 4 is 23.5 Å². The number of rotatable bonds is 13. The normalized spacial score (nSPS) is 10.9. The number of hydrogen-bond acceptors (Lipinski definition) is 4. The Kier molecular flexibility index (Phi) is 10.0. The molecule has 1 aromatic heterocycles. The highest BCUT2D eigenvalue weighted by Crippen LogP contribution is 2.29. The topological polar surface area (TPSA) is 47.4 Å². The number of carbonyl (C=O) groups excluding carboxylic acids is 1. The van der Waals surface area contributed by atoms with E-state index in [-0.39, 0.29) is 12.4 Å². The van der Waals surface area contributed by atoms with Crippen molar-refractivity contribution in [3.05, 3.63) is 76.6 Å². The van der Waals surface area contributed by atoms with Crippen LogP contribution in [0.25, 0.3) is 5.69 Å². The fourth-order valence-electron chi connectivity index (χ4n) is 4.03. The molecule has 0 fully saturated rings. The van der Waals surface area contributed by atoms with Crippen molar-refractivity contribution in [2.45, 2.75) is 59.3 Å². The standard InChI is InChI=1S/C28H36ClN3O2/c1-4-7-18-31(19-8-5-2)28-30-25(20-22-12-10-9-11-13-22)26(21-27(33)34-6-3)32(28)24-16-14-23(29)15-17-24/h9-17H,4-8,18-21H2,1-3H3. The minimum atomic E-state index is -0.243.